The summed E-state index contributed by atoms with van der Waals surface area (Å²) in [5.41, 5.74) is 5.38. The van der Waals surface area contributed by atoms with Crippen LogP contribution >= 0.6 is 0 Å². The van der Waals surface area contributed by atoms with Crippen LogP contribution in [0, 0.1) is 0 Å². The van der Waals surface area contributed by atoms with Gasteiger partial charge in [0.15, 0.2) is 0 Å². The van der Waals surface area contributed by atoms with Crippen LogP contribution in [0.3, 0.4) is 0 Å². The van der Waals surface area contributed by atoms with E-state index in [9.17, 15) is 4.80 Å². The summed E-state index contributed by atoms with van der Waals surface area (Å²) in [5, 5.41) is 3.23. The van der Waals surface area contributed by atoms with Gasteiger partial charge < -0.3 is 24.4 Å². The van der Waals surface area contributed by atoms with Crippen molar-refractivity contribution in [2.45, 2.75) is 32.1 Å². The molecule has 0 saturated heterocycles. The van der Waals surface area contributed by atoms with Crippen LogP contribution < -0.4 is 11.1 Å². The van der Waals surface area contributed by atoms with Gasteiger partial charge in [0.2, 0.25) is 0 Å². The molecule has 0 amide bonds. The molecule has 16 heavy (non-hydrogen) atoms. The minimum absolute atomic E-state index is 0.659. The van der Waals surface area contributed by atoms with Gasteiger partial charge in [0.05, 0.1) is 0 Å². The molecule has 1 unspecified atom stereocenters. The Labute approximate surface area is 101 Å². The predicted molar refractivity (Wildman–Crippen MR) is 70.8 cm³/mol. The SMILES string of the molecule is CO[Si](C)(CCCNCCN)O[Si](C)(C)O. The number of hydrogen-bond donors (Lipinski definition) is 3. The smallest absolute Gasteiger partial charge is 0.325 e. The van der Waals surface area contributed by atoms with Crippen molar-refractivity contribution in [1.82, 2.24) is 5.32 Å². The van der Waals surface area contributed by atoms with Crippen LogP contribution in [0.4, 0.5) is 0 Å². The van der Waals surface area contributed by atoms with Crippen molar-refractivity contribution in [3.8, 4) is 0 Å². The molecule has 0 heterocycles. The quantitative estimate of drug-likeness (QED) is 0.415. The lowest BCUT2D eigenvalue weighted by molar-refractivity contribution is 0.268. The van der Waals surface area contributed by atoms with Gasteiger partial charge in [-0.25, -0.2) is 0 Å². The van der Waals surface area contributed by atoms with Gasteiger partial charge in [0.1, 0.15) is 0 Å². The van der Waals surface area contributed by atoms with E-state index in [-0.39, 0.29) is 0 Å². The highest BCUT2D eigenvalue weighted by molar-refractivity contribution is 6.78. The van der Waals surface area contributed by atoms with Crippen LogP contribution in [0.25, 0.3) is 0 Å². The first kappa shape index (κ1) is 16.2. The van der Waals surface area contributed by atoms with Gasteiger partial charge in [-0.1, -0.05) is 0 Å². The molecule has 0 rings (SSSR count). The van der Waals surface area contributed by atoms with E-state index in [1.807, 2.05) is 6.55 Å². The van der Waals surface area contributed by atoms with Crippen molar-refractivity contribution in [2.75, 3.05) is 26.7 Å². The molecule has 0 fully saturated rings. The van der Waals surface area contributed by atoms with E-state index in [2.05, 4.69) is 5.32 Å². The maximum Gasteiger partial charge on any atom is 0.325 e. The zero-order valence-electron chi connectivity index (χ0n) is 10.9. The summed E-state index contributed by atoms with van der Waals surface area (Å²) in [6, 6.07) is 0.887. The summed E-state index contributed by atoms with van der Waals surface area (Å²) in [5.74, 6) is 0. The molecule has 0 aromatic heterocycles. The van der Waals surface area contributed by atoms with Gasteiger partial charge in [-0.05, 0) is 38.7 Å². The summed E-state index contributed by atoms with van der Waals surface area (Å²) >= 11 is 0. The highest BCUT2D eigenvalue weighted by Crippen LogP contribution is 2.18. The molecule has 7 heteroatoms. The fourth-order valence-corrected chi connectivity index (χ4v) is 7.48. The average molecular weight is 266 g/mol. The minimum Gasteiger partial charge on any atom is -0.415 e. The van der Waals surface area contributed by atoms with Crippen LogP contribution in [0.5, 0.6) is 0 Å². The van der Waals surface area contributed by atoms with Crippen molar-refractivity contribution < 1.29 is 13.3 Å². The van der Waals surface area contributed by atoms with Crippen LogP contribution in [0.15, 0.2) is 0 Å². The van der Waals surface area contributed by atoms with Crippen molar-refractivity contribution >= 4 is 17.1 Å². The van der Waals surface area contributed by atoms with Crippen molar-refractivity contribution in [3.05, 3.63) is 0 Å². The van der Waals surface area contributed by atoms with Crippen LogP contribution in [0.2, 0.25) is 25.7 Å². The molecular weight excluding hydrogens is 240 g/mol. The fourth-order valence-electron chi connectivity index (χ4n) is 1.48. The standard InChI is InChI=1S/C9H26N2O3Si2/c1-13-16(4,14-15(2,3)12)9-5-7-11-8-6-10/h11-12H,5-10H2,1-4H3. The van der Waals surface area contributed by atoms with Crippen LogP contribution in [-0.4, -0.2) is 48.7 Å². The monoisotopic (exact) mass is 266 g/mol. The molecule has 1 atom stereocenters. The Bertz CT molecular complexity index is 190. The molecule has 0 spiro atoms. The second-order valence-corrected chi connectivity index (χ2v) is 11.4. The van der Waals surface area contributed by atoms with Gasteiger partial charge in [0, 0.05) is 20.2 Å². The first-order valence-electron chi connectivity index (χ1n) is 5.71. The number of hydrogen-bond acceptors (Lipinski definition) is 5. The normalized spacial score (nSPS) is 16.1. The zero-order chi connectivity index (χ0) is 12.7. The third-order valence-corrected chi connectivity index (χ3v) is 8.05. The Morgan fingerprint density at radius 2 is 1.88 bits per heavy atom. The fraction of sp³-hybridized carbons (Fsp3) is 1.00. The van der Waals surface area contributed by atoms with E-state index >= 15 is 0 Å². The molecule has 0 bridgehead atoms. The predicted octanol–water partition coefficient (Wildman–Crippen LogP) is 0.354. The van der Waals surface area contributed by atoms with Crippen LogP contribution in [0.1, 0.15) is 6.42 Å². The van der Waals surface area contributed by atoms with E-state index in [4.69, 9.17) is 14.3 Å². The lowest BCUT2D eigenvalue weighted by Gasteiger charge is -2.31. The Kier molecular flexibility index (Phi) is 7.65. The number of nitrogens with two attached hydrogens (primary N) is 1. The first-order valence-corrected chi connectivity index (χ1v) is 11.1. The number of rotatable bonds is 9. The molecule has 0 aromatic rings. The average Bonchev–Trinajstić information content (AvgIpc) is 2.15. The molecule has 0 aromatic carbocycles. The minimum atomic E-state index is -2.49. The first-order chi connectivity index (χ1) is 7.33. The second kappa shape index (κ2) is 7.54. The number of nitrogens with one attached hydrogen (secondary N) is 1. The van der Waals surface area contributed by atoms with E-state index in [0.717, 1.165) is 25.6 Å². The maximum absolute atomic E-state index is 9.76. The lowest BCUT2D eigenvalue weighted by atomic mass is 10.5. The molecule has 0 aliphatic rings. The largest absolute Gasteiger partial charge is 0.415 e. The molecule has 4 N–H and O–H groups in total. The molecule has 0 radical (unpaired) electrons. The van der Waals surface area contributed by atoms with E-state index in [1.165, 1.54) is 0 Å². The van der Waals surface area contributed by atoms with Gasteiger partial charge in [-0.15, -0.1) is 0 Å². The summed E-state index contributed by atoms with van der Waals surface area (Å²) in [6.07, 6.45) is 0.987. The van der Waals surface area contributed by atoms with E-state index in [0.29, 0.717) is 6.54 Å². The second-order valence-electron chi connectivity index (χ2n) is 4.53. The summed E-state index contributed by atoms with van der Waals surface area (Å²) in [6.45, 7) is 7.95. The van der Waals surface area contributed by atoms with Gasteiger partial charge in [-0.3, -0.25) is 0 Å². The molecule has 0 aliphatic carbocycles. The highest BCUT2D eigenvalue weighted by Gasteiger charge is 2.36. The van der Waals surface area contributed by atoms with E-state index < -0.39 is 17.1 Å². The van der Waals surface area contributed by atoms with Gasteiger partial charge in [0.25, 0.3) is 0 Å². The summed E-state index contributed by atoms with van der Waals surface area (Å²) in [7, 11) is -3.00. The Balaban J connectivity index is 3.88. The van der Waals surface area contributed by atoms with Gasteiger partial charge in [-0.2, -0.15) is 0 Å². The molecule has 0 saturated carbocycles. The van der Waals surface area contributed by atoms with E-state index in [1.54, 1.807) is 20.2 Å². The third kappa shape index (κ3) is 8.39. The van der Waals surface area contributed by atoms with Crippen LogP contribution in [-0.2, 0) is 8.54 Å². The maximum atomic E-state index is 9.76. The van der Waals surface area contributed by atoms with Crippen molar-refractivity contribution in [3.63, 3.8) is 0 Å². The Morgan fingerprint density at radius 3 is 2.31 bits per heavy atom. The summed E-state index contributed by atoms with van der Waals surface area (Å²) in [4.78, 5) is 9.76. The molecular formula is C9H26N2O3Si2. The molecule has 5 nitrogen and oxygen atoms in total. The third-order valence-electron chi connectivity index (χ3n) is 2.20. The molecule has 0 aliphatic heterocycles. The van der Waals surface area contributed by atoms with Crippen molar-refractivity contribution in [2.24, 2.45) is 5.73 Å². The summed E-state index contributed by atoms with van der Waals surface area (Å²) < 4.78 is 11.2. The topological polar surface area (TPSA) is 76.7 Å². The highest BCUT2D eigenvalue weighted by atomic mass is 28.5. The Hall–Kier alpha value is 0.234. The Morgan fingerprint density at radius 1 is 1.25 bits per heavy atom. The lowest BCUT2D eigenvalue weighted by Crippen LogP contribution is -2.48. The van der Waals surface area contributed by atoms with Crippen molar-refractivity contribution in [1.29, 1.82) is 0 Å². The van der Waals surface area contributed by atoms with Gasteiger partial charge >= 0.3 is 17.1 Å². The molecule has 98 valence electrons. The zero-order valence-corrected chi connectivity index (χ0v) is 12.9.